The first-order valence-corrected chi connectivity index (χ1v) is 6.15. The lowest BCUT2D eigenvalue weighted by Crippen LogP contribution is -2.06. The number of aryl methyl sites for hydroxylation is 1. The highest BCUT2D eigenvalue weighted by atomic mass is 35.5. The van der Waals surface area contributed by atoms with E-state index < -0.39 is 11.7 Å². The Kier molecular flexibility index (Phi) is 3.81. The monoisotopic (exact) mass is 300 g/mol. The van der Waals surface area contributed by atoms with Crippen LogP contribution >= 0.6 is 11.6 Å². The van der Waals surface area contributed by atoms with Gasteiger partial charge < -0.3 is 11.1 Å². The molecule has 0 bridgehead atoms. The van der Waals surface area contributed by atoms with Gasteiger partial charge >= 0.3 is 6.18 Å². The summed E-state index contributed by atoms with van der Waals surface area (Å²) in [4.78, 5) is 0. The second kappa shape index (κ2) is 5.25. The maximum Gasteiger partial charge on any atom is 0.416 e. The van der Waals surface area contributed by atoms with E-state index in [0.717, 1.165) is 12.1 Å². The van der Waals surface area contributed by atoms with Gasteiger partial charge in [0.1, 0.15) is 0 Å². The smallest absolute Gasteiger partial charge is 0.397 e. The second-order valence-corrected chi connectivity index (χ2v) is 4.76. The molecular weight excluding hydrogens is 289 g/mol. The van der Waals surface area contributed by atoms with Crippen LogP contribution in [0.15, 0.2) is 36.4 Å². The number of para-hydroxylation sites is 1. The predicted octanol–water partition coefficient (Wildman–Crippen LogP) is 4.99. The van der Waals surface area contributed by atoms with Gasteiger partial charge in [-0.25, -0.2) is 0 Å². The molecule has 0 heterocycles. The largest absolute Gasteiger partial charge is 0.416 e. The summed E-state index contributed by atoms with van der Waals surface area (Å²) >= 11 is 6.00. The molecule has 0 fully saturated rings. The van der Waals surface area contributed by atoms with Crippen molar-refractivity contribution in [2.45, 2.75) is 13.1 Å². The first-order valence-electron chi connectivity index (χ1n) is 5.78. The lowest BCUT2D eigenvalue weighted by atomic mass is 10.1. The van der Waals surface area contributed by atoms with Crippen LogP contribution in [0.25, 0.3) is 0 Å². The third-order valence-electron chi connectivity index (χ3n) is 2.87. The van der Waals surface area contributed by atoms with E-state index in [1.165, 1.54) is 6.07 Å². The molecule has 106 valence electrons. The van der Waals surface area contributed by atoms with Crippen LogP contribution in [0.4, 0.5) is 30.2 Å². The molecule has 0 saturated heterocycles. The van der Waals surface area contributed by atoms with E-state index in [4.69, 9.17) is 17.3 Å². The van der Waals surface area contributed by atoms with Gasteiger partial charge in [-0.2, -0.15) is 13.2 Å². The van der Waals surface area contributed by atoms with E-state index in [0.29, 0.717) is 27.6 Å². The number of hydrogen-bond acceptors (Lipinski definition) is 2. The second-order valence-electron chi connectivity index (χ2n) is 4.36. The molecule has 0 spiro atoms. The Balaban J connectivity index is 2.43. The van der Waals surface area contributed by atoms with Crippen molar-refractivity contribution in [3.05, 3.63) is 52.5 Å². The van der Waals surface area contributed by atoms with E-state index in [2.05, 4.69) is 5.32 Å². The van der Waals surface area contributed by atoms with Gasteiger partial charge in [-0.3, -0.25) is 0 Å². The molecule has 6 heteroatoms. The third-order valence-corrected chi connectivity index (χ3v) is 3.19. The molecule has 2 aromatic rings. The minimum Gasteiger partial charge on any atom is -0.397 e. The van der Waals surface area contributed by atoms with Gasteiger partial charge in [0.05, 0.1) is 22.0 Å². The van der Waals surface area contributed by atoms with E-state index in [-0.39, 0.29) is 0 Å². The number of nitrogen functional groups attached to an aromatic ring is 1. The number of alkyl halides is 3. The summed E-state index contributed by atoms with van der Waals surface area (Å²) in [5.41, 5.74) is 6.80. The molecule has 0 aliphatic carbocycles. The topological polar surface area (TPSA) is 38.0 Å². The molecular formula is C14H12ClF3N2. The number of benzene rings is 2. The van der Waals surface area contributed by atoms with Crippen LogP contribution < -0.4 is 11.1 Å². The third kappa shape index (κ3) is 2.99. The molecule has 0 aromatic heterocycles. The zero-order valence-corrected chi connectivity index (χ0v) is 11.3. The molecule has 20 heavy (non-hydrogen) atoms. The normalized spacial score (nSPS) is 11.4. The van der Waals surface area contributed by atoms with E-state index >= 15 is 0 Å². The van der Waals surface area contributed by atoms with Crippen molar-refractivity contribution < 1.29 is 13.2 Å². The molecule has 0 amide bonds. The molecule has 2 aromatic carbocycles. The summed E-state index contributed by atoms with van der Waals surface area (Å²) in [5.74, 6) is 0. The van der Waals surface area contributed by atoms with E-state index in [1.54, 1.807) is 25.1 Å². The van der Waals surface area contributed by atoms with Gasteiger partial charge in [0.15, 0.2) is 0 Å². The van der Waals surface area contributed by atoms with Crippen LogP contribution in [0.3, 0.4) is 0 Å². The number of halogens is 4. The minimum atomic E-state index is -4.39. The highest BCUT2D eigenvalue weighted by Gasteiger charge is 2.30. The molecule has 0 radical (unpaired) electrons. The SMILES string of the molecule is Cc1ccc(C(F)(F)F)cc1Nc1c(N)cccc1Cl. The van der Waals surface area contributed by atoms with Crippen LogP contribution in [-0.2, 0) is 6.18 Å². The Morgan fingerprint density at radius 2 is 1.85 bits per heavy atom. The molecule has 2 rings (SSSR count). The number of nitrogens with one attached hydrogen (secondary N) is 1. The molecule has 0 aliphatic rings. The van der Waals surface area contributed by atoms with Crippen molar-refractivity contribution in [2.24, 2.45) is 0 Å². The highest BCUT2D eigenvalue weighted by molar-refractivity contribution is 6.34. The average molecular weight is 301 g/mol. The van der Waals surface area contributed by atoms with Crippen molar-refractivity contribution >= 4 is 28.7 Å². The van der Waals surface area contributed by atoms with Gasteiger partial charge in [0.25, 0.3) is 0 Å². The van der Waals surface area contributed by atoms with Gasteiger partial charge in [-0.15, -0.1) is 0 Å². The lowest BCUT2D eigenvalue weighted by molar-refractivity contribution is -0.137. The standard InChI is InChI=1S/C14H12ClF3N2/c1-8-5-6-9(14(16,17)18)7-12(8)20-13-10(15)3-2-4-11(13)19/h2-7,20H,19H2,1H3. The van der Waals surface area contributed by atoms with Crippen LogP contribution in [0.1, 0.15) is 11.1 Å². The zero-order valence-electron chi connectivity index (χ0n) is 10.6. The summed E-state index contributed by atoms with van der Waals surface area (Å²) in [6.45, 7) is 1.70. The number of hydrogen-bond donors (Lipinski definition) is 2. The van der Waals surface area contributed by atoms with Crippen LogP contribution in [-0.4, -0.2) is 0 Å². The van der Waals surface area contributed by atoms with Crippen molar-refractivity contribution in [3.8, 4) is 0 Å². The van der Waals surface area contributed by atoms with Crippen molar-refractivity contribution in [1.29, 1.82) is 0 Å². The minimum absolute atomic E-state index is 0.319. The number of anilines is 3. The first-order chi connectivity index (χ1) is 9.29. The first kappa shape index (κ1) is 14.5. The maximum atomic E-state index is 12.7. The van der Waals surface area contributed by atoms with E-state index in [9.17, 15) is 13.2 Å². The van der Waals surface area contributed by atoms with E-state index in [1.807, 2.05) is 0 Å². The Morgan fingerprint density at radius 1 is 1.15 bits per heavy atom. The summed E-state index contributed by atoms with van der Waals surface area (Å²) in [5, 5.41) is 3.21. The van der Waals surface area contributed by atoms with Crippen LogP contribution in [0.2, 0.25) is 5.02 Å². The Labute approximate surface area is 119 Å². The molecule has 2 nitrogen and oxygen atoms in total. The Bertz CT molecular complexity index is 619. The fraction of sp³-hybridized carbons (Fsp3) is 0.143. The average Bonchev–Trinajstić information content (AvgIpc) is 2.34. The maximum absolute atomic E-state index is 12.7. The summed E-state index contributed by atoms with van der Waals surface area (Å²) < 4.78 is 38.2. The predicted molar refractivity (Wildman–Crippen MR) is 75.3 cm³/mol. The lowest BCUT2D eigenvalue weighted by Gasteiger charge is -2.15. The summed E-state index contributed by atoms with van der Waals surface area (Å²) in [6.07, 6.45) is -4.39. The van der Waals surface area contributed by atoms with Crippen LogP contribution in [0, 0.1) is 6.92 Å². The Morgan fingerprint density at radius 3 is 2.45 bits per heavy atom. The number of nitrogens with two attached hydrogens (primary N) is 1. The Hall–Kier alpha value is -1.88. The molecule has 0 saturated carbocycles. The van der Waals surface area contributed by atoms with Gasteiger partial charge in [0, 0.05) is 5.69 Å². The van der Waals surface area contributed by atoms with Gasteiger partial charge in [0.2, 0.25) is 0 Å². The molecule has 0 aliphatic heterocycles. The fourth-order valence-electron chi connectivity index (χ4n) is 1.74. The molecule has 3 N–H and O–H groups in total. The molecule has 0 unspecified atom stereocenters. The molecule has 0 atom stereocenters. The summed E-state index contributed by atoms with van der Waals surface area (Å²) in [7, 11) is 0. The zero-order chi connectivity index (χ0) is 14.9. The van der Waals surface area contributed by atoms with Gasteiger partial charge in [-0.1, -0.05) is 23.7 Å². The van der Waals surface area contributed by atoms with Crippen molar-refractivity contribution in [3.63, 3.8) is 0 Å². The highest BCUT2D eigenvalue weighted by Crippen LogP contribution is 2.35. The van der Waals surface area contributed by atoms with Crippen LogP contribution in [0.5, 0.6) is 0 Å². The van der Waals surface area contributed by atoms with Gasteiger partial charge in [-0.05, 0) is 36.8 Å². The summed E-state index contributed by atoms with van der Waals surface area (Å²) in [6, 6.07) is 8.38. The fourth-order valence-corrected chi connectivity index (χ4v) is 1.97. The van der Waals surface area contributed by atoms with Crippen molar-refractivity contribution in [1.82, 2.24) is 0 Å². The number of rotatable bonds is 2. The quantitative estimate of drug-likeness (QED) is 0.767. The van der Waals surface area contributed by atoms with Crippen molar-refractivity contribution in [2.75, 3.05) is 11.1 Å².